The normalized spacial score (nSPS) is 16.7. The Morgan fingerprint density at radius 1 is 1.42 bits per heavy atom. The number of sulfone groups is 1. The fourth-order valence-corrected chi connectivity index (χ4v) is 1.55. The van der Waals surface area contributed by atoms with Gasteiger partial charge < -0.3 is 0 Å². The summed E-state index contributed by atoms with van der Waals surface area (Å²) in [7, 11) is -3.23. The summed E-state index contributed by atoms with van der Waals surface area (Å²) in [6, 6.07) is 0. The first-order valence-corrected chi connectivity index (χ1v) is 5.39. The third-order valence-corrected chi connectivity index (χ3v) is 3.66. The molecule has 0 radical (unpaired) electrons. The molecule has 0 bridgehead atoms. The number of hydroxylamine groups is 1. The van der Waals surface area contributed by atoms with Gasteiger partial charge in [-0.15, -0.1) is 0 Å². The average molecular weight is 195 g/mol. The van der Waals surface area contributed by atoms with Crippen LogP contribution >= 0.6 is 0 Å². The highest BCUT2D eigenvalue weighted by Crippen LogP contribution is 2.10. The quantitative estimate of drug-likeness (QED) is 0.472. The molecule has 6 heteroatoms. The van der Waals surface area contributed by atoms with Crippen molar-refractivity contribution >= 4 is 15.7 Å². The first-order valence-electron chi connectivity index (χ1n) is 3.43. The van der Waals surface area contributed by atoms with E-state index < -0.39 is 26.9 Å². The van der Waals surface area contributed by atoms with Gasteiger partial charge in [0.2, 0.25) is 5.91 Å². The molecule has 0 aromatic carbocycles. The van der Waals surface area contributed by atoms with E-state index in [2.05, 4.69) is 0 Å². The summed E-state index contributed by atoms with van der Waals surface area (Å²) >= 11 is 0. The molecule has 5 nitrogen and oxygen atoms in total. The molecule has 0 aliphatic heterocycles. The van der Waals surface area contributed by atoms with Gasteiger partial charge >= 0.3 is 0 Å². The van der Waals surface area contributed by atoms with Crippen molar-refractivity contribution in [2.75, 3.05) is 6.26 Å². The minimum absolute atomic E-state index is 0.687. The Bertz CT molecular complexity index is 259. The summed E-state index contributed by atoms with van der Waals surface area (Å²) in [4.78, 5) is 10.8. The molecule has 0 saturated carbocycles. The lowest BCUT2D eigenvalue weighted by Gasteiger charge is -2.15. The maximum atomic E-state index is 10.9. The van der Waals surface area contributed by atoms with E-state index >= 15 is 0 Å². The van der Waals surface area contributed by atoms with Crippen LogP contribution in [0.4, 0.5) is 0 Å². The molecule has 0 heterocycles. The number of hydrogen-bond donors (Lipinski definition) is 2. The van der Waals surface area contributed by atoms with Crippen molar-refractivity contribution in [3.63, 3.8) is 0 Å². The van der Waals surface area contributed by atoms with Crippen LogP contribution in [0.3, 0.4) is 0 Å². The van der Waals surface area contributed by atoms with Gasteiger partial charge in [0.1, 0.15) is 0 Å². The van der Waals surface area contributed by atoms with Crippen molar-refractivity contribution in [2.24, 2.45) is 5.92 Å². The number of rotatable bonds is 3. The van der Waals surface area contributed by atoms with Gasteiger partial charge in [0.05, 0.1) is 11.2 Å². The maximum absolute atomic E-state index is 10.9. The summed E-state index contributed by atoms with van der Waals surface area (Å²) in [5.74, 6) is -1.43. The number of hydrogen-bond acceptors (Lipinski definition) is 4. The van der Waals surface area contributed by atoms with E-state index in [9.17, 15) is 13.2 Å². The summed E-state index contributed by atoms with van der Waals surface area (Å²) in [5, 5.41) is 7.44. The van der Waals surface area contributed by atoms with Gasteiger partial charge in [0.15, 0.2) is 9.84 Å². The summed E-state index contributed by atoms with van der Waals surface area (Å²) in [5.41, 5.74) is 1.41. The van der Waals surface area contributed by atoms with Gasteiger partial charge in [0.25, 0.3) is 0 Å². The third-order valence-electron chi connectivity index (χ3n) is 1.90. The first kappa shape index (κ1) is 11.4. The highest BCUT2D eigenvalue weighted by atomic mass is 32.2. The van der Waals surface area contributed by atoms with E-state index in [0.717, 1.165) is 6.26 Å². The van der Waals surface area contributed by atoms with Gasteiger partial charge in [-0.1, -0.05) is 6.92 Å². The fourth-order valence-electron chi connectivity index (χ4n) is 0.686. The van der Waals surface area contributed by atoms with Crippen LogP contribution in [0.25, 0.3) is 0 Å². The molecule has 2 N–H and O–H groups in total. The van der Waals surface area contributed by atoms with Crippen LogP contribution in [0, 0.1) is 5.92 Å². The Labute approximate surface area is 71.6 Å². The van der Waals surface area contributed by atoms with Gasteiger partial charge in [-0.25, -0.2) is 13.9 Å². The molecule has 1 amide bonds. The third kappa shape index (κ3) is 2.78. The summed E-state index contributed by atoms with van der Waals surface area (Å²) < 4.78 is 21.9. The van der Waals surface area contributed by atoms with E-state index in [1.807, 2.05) is 0 Å². The molecule has 0 saturated heterocycles. The predicted octanol–water partition coefficient (Wildman–Crippen LogP) is -0.439. The van der Waals surface area contributed by atoms with Crippen molar-refractivity contribution in [3.05, 3.63) is 0 Å². The van der Waals surface area contributed by atoms with Crippen LogP contribution in [0.2, 0.25) is 0 Å². The largest absolute Gasteiger partial charge is 0.289 e. The molecule has 0 aromatic rings. The van der Waals surface area contributed by atoms with Crippen molar-refractivity contribution in [1.82, 2.24) is 5.48 Å². The van der Waals surface area contributed by atoms with Gasteiger partial charge in [0, 0.05) is 6.26 Å². The molecule has 2 unspecified atom stereocenters. The minimum Gasteiger partial charge on any atom is -0.289 e. The fraction of sp³-hybridized carbons (Fsp3) is 0.833. The Kier molecular flexibility index (Phi) is 3.66. The first-order chi connectivity index (χ1) is 5.30. The molecule has 0 fully saturated rings. The van der Waals surface area contributed by atoms with Crippen molar-refractivity contribution < 1.29 is 18.4 Å². The van der Waals surface area contributed by atoms with Crippen molar-refractivity contribution in [2.45, 2.75) is 19.1 Å². The Balaban J connectivity index is 4.51. The zero-order valence-corrected chi connectivity index (χ0v) is 8.05. The lowest BCUT2D eigenvalue weighted by atomic mass is 10.1. The van der Waals surface area contributed by atoms with Crippen LogP contribution in [-0.4, -0.2) is 31.0 Å². The van der Waals surface area contributed by atoms with Gasteiger partial charge in [-0.3, -0.25) is 10.0 Å². The molecule has 2 atom stereocenters. The molecule has 0 rings (SSSR count). The van der Waals surface area contributed by atoms with Crippen LogP contribution < -0.4 is 5.48 Å². The molecule has 0 aliphatic rings. The number of amides is 1. The topological polar surface area (TPSA) is 83.5 Å². The minimum atomic E-state index is -3.23. The number of carbonyl (C=O) groups excluding carboxylic acids is 1. The van der Waals surface area contributed by atoms with E-state index in [1.54, 1.807) is 0 Å². The summed E-state index contributed by atoms with van der Waals surface area (Å²) in [6.45, 7) is 2.87. The predicted molar refractivity (Wildman–Crippen MR) is 43.4 cm³/mol. The lowest BCUT2D eigenvalue weighted by molar-refractivity contribution is -0.132. The number of carbonyl (C=O) groups is 1. The van der Waals surface area contributed by atoms with Crippen LogP contribution in [0.5, 0.6) is 0 Å². The smallest absolute Gasteiger partial charge is 0.247 e. The zero-order chi connectivity index (χ0) is 9.94. The maximum Gasteiger partial charge on any atom is 0.247 e. The second-order valence-electron chi connectivity index (χ2n) is 2.80. The second kappa shape index (κ2) is 3.86. The molecule has 12 heavy (non-hydrogen) atoms. The molecule has 72 valence electrons. The van der Waals surface area contributed by atoms with Crippen LogP contribution in [0.1, 0.15) is 13.8 Å². The number of nitrogens with one attached hydrogen (secondary N) is 1. The monoisotopic (exact) mass is 195 g/mol. The Morgan fingerprint density at radius 3 is 2.08 bits per heavy atom. The van der Waals surface area contributed by atoms with E-state index in [1.165, 1.54) is 19.3 Å². The van der Waals surface area contributed by atoms with E-state index in [-0.39, 0.29) is 0 Å². The summed E-state index contributed by atoms with van der Waals surface area (Å²) in [6.07, 6.45) is 1.05. The molecule has 0 aliphatic carbocycles. The SMILES string of the molecule is CC(C(=O)NO)C(C)S(C)(=O)=O. The lowest BCUT2D eigenvalue weighted by Crippen LogP contribution is -2.36. The highest BCUT2D eigenvalue weighted by Gasteiger charge is 2.27. The average Bonchev–Trinajstić information content (AvgIpc) is 1.98. The Morgan fingerprint density at radius 2 is 1.83 bits per heavy atom. The highest BCUT2D eigenvalue weighted by molar-refractivity contribution is 7.91. The van der Waals surface area contributed by atoms with Gasteiger partial charge in [-0.2, -0.15) is 0 Å². The van der Waals surface area contributed by atoms with Crippen LogP contribution in [0.15, 0.2) is 0 Å². The van der Waals surface area contributed by atoms with Crippen molar-refractivity contribution in [1.29, 1.82) is 0 Å². The zero-order valence-electron chi connectivity index (χ0n) is 7.23. The molecule has 0 spiro atoms. The molecular weight excluding hydrogens is 182 g/mol. The molecule has 0 aromatic heterocycles. The Hall–Kier alpha value is -0.620. The second-order valence-corrected chi connectivity index (χ2v) is 5.20. The van der Waals surface area contributed by atoms with Gasteiger partial charge in [-0.05, 0) is 6.92 Å². The standard InChI is InChI=1S/C6H13NO4S/c1-4(6(8)7-9)5(2)12(3,10)11/h4-5,9H,1-3H3,(H,7,8). The van der Waals surface area contributed by atoms with Crippen LogP contribution in [-0.2, 0) is 14.6 Å². The molecular formula is C6H13NO4S. The van der Waals surface area contributed by atoms with E-state index in [0.29, 0.717) is 0 Å². The van der Waals surface area contributed by atoms with Crippen molar-refractivity contribution in [3.8, 4) is 0 Å². The van der Waals surface area contributed by atoms with E-state index in [4.69, 9.17) is 5.21 Å².